The molecular formula is C11H6Cl2S3. The highest BCUT2D eigenvalue weighted by Crippen LogP contribution is 2.24. The minimum atomic E-state index is 0.647. The molecule has 1 heterocycles. The molecule has 0 nitrogen and oxygen atoms in total. The summed E-state index contributed by atoms with van der Waals surface area (Å²) in [5.41, 5.74) is 0.954. The van der Waals surface area contributed by atoms with E-state index in [9.17, 15) is 0 Å². The van der Waals surface area contributed by atoms with Crippen LogP contribution in [-0.2, 0) is 0 Å². The van der Waals surface area contributed by atoms with Crippen LogP contribution >= 0.6 is 56.1 Å². The van der Waals surface area contributed by atoms with E-state index >= 15 is 0 Å². The summed E-state index contributed by atoms with van der Waals surface area (Å²) in [6, 6.07) is 7.43. The molecule has 0 aliphatic rings. The molecule has 16 heavy (non-hydrogen) atoms. The van der Waals surface area contributed by atoms with E-state index in [0.29, 0.717) is 10.0 Å². The van der Waals surface area contributed by atoms with E-state index < -0.39 is 0 Å². The molecule has 2 rings (SSSR count). The summed E-state index contributed by atoms with van der Waals surface area (Å²) in [4.78, 5) is 1.14. The molecule has 0 bridgehead atoms. The second-order valence-electron chi connectivity index (χ2n) is 3.03. The van der Waals surface area contributed by atoms with E-state index in [1.165, 1.54) is 0 Å². The summed E-state index contributed by atoms with van der Waals surface area (Å²) in [6.07, 6.45) is 3.97. The first-order valence-electron chi connectivity index (χ1n) is 4.38. The fourth-order valence-electron chi connectivity index (χ4n) is 1.14. The average Bonchev–Trinajstić information content (AvgIpc) is 2.63. The molecule has 5 heteroatoms. The maximum Gasteiger partial charge on any atom is 0.102 e. The van der Waals surface area contributed by atoms with Crippen molar-refractivity contribution in [1.29, 1.82) is 0 Å². The molecule has 0 saturated heterocycles. The molecule has 1 aromatic carbocycles. The van der Waals surface area contributed by atoms with Crippen LogP contribution in [0.4, 0.5) is 0 Å². The van der Waals surface area contributed by atoms with Crippen molar-refractivity contribution in [3.63, 3.8) is 0 Å². The van der Waals surface area contributed by atoms with Crippen molar-refractivity contribution in [1.82, 2.24) is 0 Å². The lowest BCUT2D eigenvalue weighted by Crippen LogP contribution is -1.74. The highest BCUT2D eigenvalue weighted by Gasteiger charge is 1.97. The van der Waals surface area contributed by atoms with E-state index in [0.717, 1.165) is 14.3 Å². The first-order chi connectivity index (χ1) is 7.65. The zero-order chi connectivity index (χ0) is 11.5. The van der Waals surface area contributed by atoms with Crippen molar-refractivity contribution in [2.75, 3.05) is 0 Å². The fourth-order valence-corrected chi connectivity index (χ4v) is 3.83. The van der Waals surface area contributed by atoms with E-state index in [2.05, 4.69) is 0 Å². The van der Waals surface area contributed by atoms with Gasteiger partial charge in [-0.2, -0.15) is 0 Å². The largest absolute Gasteiger partial charge is 0.102 e. The summed E-state index contributed by atoms with van der Waals surface area (Å²) in [5, 5.41) is 1.30. The smallest absolute Gasteiger partial charge is 0.0843 e. The molecule has 0 amide bonds. The summed E-state index contributed by atoms with van der Waals surface area (Å²) in [7, 11) is 3.26. The lowest BCUT2D eigenvalue weighted by atomic mass is 10.2. The molecule has 82 valence electrons. The average molecular weight is 305 g/mol. The molecular weight excluding hydrogens is 299 g/mol. The predicted molar refractivity (Wildman–Crippen MR) is 78.4 cm³/mol. The van der Waals surface area contributed by atoms with Gasteiger partial charge in [0.05, 0.1) is 0 Å². The second-order valence-corrected chi connectivity index (χ2v) is 6.82. The van der Waals surface area contributed by atoms with Crippen LogP contribution in [0.25, 0.3) is 12.2 Å². The third-order valence-corrected chi connectivity index (χ3v) is 5.29. The van der Waals surface area contributed by atoms with Crippen LogP contribution in [-0.4, -0.2) is 0 Å². The molecule has 0 aliphatic heterocycles. The van der Waals surface area contributed by atoms with Gasteiger partial charge in [-0.15, -0.1) is 0 Å². The Morgan fingerprint density at radius 2 is 1.88 bits per heavy atom. The number of hydrogen-bond donors (Lipinski definition) is 0. The third-order valence-electron chi connectivity index (χ3n) is 1.87. The van der Waals surface area contributed by atoms with E-state index in [-0.39, 0.29) is 0 Å². The maximum absolute atomic E-state index is 6.05. The Morgan fingerprint density at radius 3 is 2.50 bits per heavy atom. The number of hydrogen-bond acceptors (Lipinski definition) is 3. The van der Waals surface area contributed by atoms with Crippen LogP contribution in [0.1, 0.15) is 10.4 Å². The van der Waals surface area contributed by atoms with Gasteiger partial charge in [0.15, 0.2) is 0 Å². The Morgan fingerprint density at radius 1 is 1.06 bits per heavy atom. The van der Waals surface area contributed by atoms with E-state index in [1.54, 1.807) is 26.7 Å². The molecule has 0 atom stereocenters. The SMILES string of the molecule is S=c1cc(/C=C/c2ccc(Cl)cc2Cl)ss1. The van der Waals surface area contributed by atoms with Crippen molar-refractivity contribution >= 4 is 68.3 Å². The van der Waals surface area contributed by atoms with Crippen LogP contribution < -0.4 is 0 Å². The first kappa shape index (κ1) is 12.3. The topological polar surface area (TPSA) is 0 Å². The van der Waals surface area contributed by atoms with Crippen LogP contribution in [0, 0.1) is 3.82 Å². The van der Waals surface area contributed by atoms with Crippen LogP contribution in [0.3, 0.4) is 0 Å². The van der Waals surface area contributed by atoms with Gasteiger partial charge >= 0.3 is 0 Å². The molecule has 0 spiro atoms. The Kier molecular flexibility index (Phi) is 4.16. The maximum atomic E-state index is 6.05. The van der Waals surface area contributed by atoms with Gasteiger partial charge in [-0.1, -0.05) is 68.2 Å². The molecule has 0 N–H and O–H groups in total. The minimum absolute atomic E-state index is 0.647. The Balaban J connectivity index is 2.27. The standard InChI is InChI=1S/C11H6Cl2S3/c12-8-3-1-7(10(13)5-8)2-4-9-6-11(14)16-15-9/h1-6H/b4-2+. The Hall–Kier alpha value is -0.190. The monoisotopic (exact) mass is 304 g/mol. The van der Waals surface area contributed by atoms with E-state index in [4.69, 9.17) is 35.4 Å². The van der Waals surface area contributed by atoms with Gasteiger partial charge in [-0.25, -0.2) is 0 Å². The van der Waals surface area contributed by atoms with Crippen molar-refractivity contribution in [3.8, 4) is 0 Å². The minimum Gasteiger partial charge on any atom is -0.0843 e. The number of rotatable bonds is 2. The quantitative estimate of drug-likeness (QED) is 0.483. The highest BCUT2D eigenvalue weighted by atomic mass is 35.5. The fraction of sp³-hybridized carbons (Fsp3) is 0. The van der Waals surface area contributed by atoms with Crippen LogP contribution in [0.2, 0.25) is 10.0 Å². The van der Waals surface area contributed by atoms with Crippen molar-refractivity contribution in [2.45, 2.75) is 0 Å². The van der Waals surface area contributed by atoms with Crippen molar-refractivity contribution in [2.24, 2.45) is 0 Å². The van der Waals surface area contributed by atoms with Gasteiger partial charge in [-0.05, 0) is 29.8 Å². The van der Waals surface area contributed by atoms with Gasteiger partial charge in [0, 0.05) is 14.9 Å². The Bertz CT molecular complexity index is 581. The molecule has 0 unspecified atom stereocenters. The predicted octanol–water partition coefficient (Wildman–Crippen LogP) is 6.02. The summed E-state index contributed by atoms with van der Waals surface area (Å²) >= 11 is 16.9. The molecule has 0 fully saturated rings. The van der Waals surface area contributed by atoms with Gasteiger partial charge < -0.3 is 0 Å². The molecule has 0 saturated carbocycles. The molecule has 1 aromatic heterocycles. The summed E-state index contributed by atoms with van der Waals surface area (Å²) in [5.74, 6) is 0. The number of benzene rings is 1. The molecule has 0 radical (unpaired) electrons. The first-order valence-corrected chi connectivity index (χ1v) is 7.70. The van der Waals surface area contributed by atoms with Crippen LogP contribution in [0.5, 0.6) is 0 Å². The van der Waals surface area contributed by atoms with Crippen molar-refractivity contribution in [3.05, 3.63) is 48.6 Å². The molecule has 2 aromatic rings. The van der Waals surface area contributed by atoms with Gasteiger partial charge in [0.2, 0.25) is 0 Å². The number of halogens is 2. The van der Waals surface area contributed by atoms with E-state index in [1.807, 2.05) is 30.4 Å². The zero-order valence-corrected chi connectivity index (χ0v) is 11.9. The van der Waals surface area contributed by atoms with Gasteiger partial charge in [-0.3, -0.25) is 0 Å². The second kappa shape index (κ2) is 5.43. The van der Waals surface area contributed by atoms with Crippen LogP contribution in [0.15, 0.2) is 24.3 Å². The lowest BCUT2D eigenvalue weighted by Gasteiger charge is -1.97. The third kappa shape index (κ3) is 3.15. The van der Waals surface area contributed by atoms with Gasteiger partial charge in [0.1, 0.15) is 3.82 Å². The molecule has 0 aliphatic carbocycles. The zero-order valence-electron chi connectivity index (χ0n) is 7.94. The summed E-state index contributed by atoms with van der Waals surface area (Å²) in [6.45, 7) is 0. The van der Waals surface area contributed by atoms with Crippen molar-refractivity contribution < 1.29 is 0 Å². The van der Waals surface area contributed by atoms with Gasteiger partial charge in [0.25, 0.3) is 0 Å². The highest BCUT2D eigenvalue weighted by molar-refractivity contribution is 7.79. The normalized spacial score (nSPS) is 11.1. The summed E-state index contributed by atoms with van der Waals surface area (Å²) < 4.78 is 0.909. The lowest BCUT2D eigenvalue weighted by molar-refractivity contribution is 1.66. The Labute approximate surface area is 116 Å².